The minimum Gasteiger partial charge on any atom is -0.339 e. The normalized spacial score (nSPS) is 21.9. The van der Waals surface area contributed by atoms with Gasteiger partial charge in [-0.2, -0.15) is 0 Å². The maximum absolute atomic E-state index is 13.3. The zero-order chi connectivity index (χ0) is 16.9. The summed E-state index contributed by atoms with van der Waals surface area (Å²) in [5.74, 6) is -1.25. The molecule has 0 aromatic heterocycles. The van der Waals surface area contributed by atoms with Crippen LogP contribution in [0.1, 0.15) is 24.8 Å². The van der Waals surface area contributed by atoms with E-state index in [2.05, 4.69) is 4.90 Å². The van der Waals surface area contributed by atoms with Gasteiger partial charge in [-0.25, -0.2) is 8.78 Å². The van der Waals surface area contributed by atoms with E-state index >= 15 is 0 Å². The van der Waals surface area contributed by atoms with Crippen molar-refractivity contribution in [3.05, 3.63) is 47.5 Å². The van der Waals surface area contributed by atoms with Crippen LogP contribution >= 0.6 is 0 Å². The fourth-order valence-electron chi connectivity index (χ4n) is 3.57. The maximum Gasteiger partial charge on any atom is 0.246 e. The first-order chi connectivity index (χ1) is 11.6. The highest BCUT2D eigenvalue weighted by molar-refractivity contribution is 5.87. The third kappa shape index (κ3) is 4.41. The number of likely N-dealkylation sites (tertiary alicyclic amines) is 2. The third-order valence-electron chi connectivity index (χ3n) is 4.93. The van der Waals surface area contributed by atoms with E-state index in [0.29, 0.717) is 18.9 Å². The van der Waals surface area contributed by atoms with Gasteiger partial charge in [0.1, 0.15) is 0 Å². The van der Waals surface area contributed by atoms with Gasteiger partial charge in [-0.1, -0.05) is 12.1 Å². The molecule has 1 aromatic carbocycles. The molecule has 0 N–H and O–H groups in total. The Bertz CT molecular complexity index is 611. The predicted octanol–water partition coefficient (Wildman–Crippen LogP) is 3.01. The Hall–Kier alpha value is -1.75. The molecule has 3 nitrogen and oxygen atoms in total. The molecule has 24 heavy (non-hydrogen) atoms. The molecule has 5 heteroatoms. The third-order valence-corrected chi connectivity index (χ3v) is 4.93. The maximum atomic E-state index is 13.3. The van der Waals surface area contributed by atoms with E-state index in [1.165, 1.54) is 25.0 Å². The molecule has 0 radical (unpaired) electrons. The minimum absolute atomic E-state index is 0.0574. The van der Waals surface area contributed by atoms with Crippen molar-refractivity contribution in [1.29, 1.82) is 0 Å². The molecule has 130 valence electrons. The molecule has 0 spiro atoms. The molecule has 2 aliphatic rings. The molecule has 3 rings (SSSR count). The van der Waals surface area contributed by atoms with Gasteiger partial charge in [0.2, 0.25) is 5.91 Å². The Kier molecular flexibility index (Phi) is 5.61. The summed E-state index contributed by atoms with van der Waals surface area (Å²) < 4.78 is 26.2. The molecule has 2 heterocycles. The number of benzene rings is 1. The Morgan fingerprint density at radius 3 is 2.71 bits per heavy atom. The molecule has 0 bridgehead atoms. The average molecular weight is 334 g/mol. The largest absolute Gasteiger partial charge is 0.339 e. The van der Waals surface area contributed by atoms with Crippen LogP contribution < -0.4 is 0 Å². The molecule has 1 atom stereocenters. The van der Waals surface area contributed by atoms with Crippen LogP contribution in [0.4, 0.5) is 8.78 Å². The number of hydrogen-bond donors (Lipinski definition) is 0. The van der Waals surface area contributed by atoms with Gasteiger partial charge in [0, 0.05) is 25.7 Å². The highest BCUT2D eigenvalue weighted by atomic mass is 19.2. The summed E-state index contributed by atoms with van der Waals surface area (Å²) in [7, 11) is 0. The zero-order valence-corrected chi connectivity index (χ0v) is 13.9. The summed E-state index contributed by atoms with van der Waals surface area (Å²) in [5, 5.41) is 0. The summed E-state index contributed by atoms with van der Waals surface area (Å²) in [4.78, 5) is 16.4. The molecule has 1 unspecified atom stereocenters. The van der Waals surface area contributed by atoms with E-state index in [1.807, 2.05) is 11.0 Å². The first kappa shape index (κ1) is 17.1. The second-order valence-corrected chi connectivity index (χ2v) is 6.80. The van der Waals surface area contributed by atoms with Crippen molar-refractivity contribution in [1.82, 2.24) is 9.80 Å². The van der Waals surface area contributed by atoms with Crippen LogP contribution in [0.2, 0.25) is 0 Å². The van der Waals surface area contributed by atoms with Gasteiger partial charge >= 0.3 is 0 Å². The molecule has 1 aromatic rings. The molecule has 2 saturated heterocycles. The quantitative estimate of drug-likeness (QED) is 0.773. The molecule has 1 amide bonds. The van der Waals surface area contributed by atoms with E-state index in [9.17, 15) is 13.6 Å². The van der Waals surface area contributed by atoms with E-state index in [-0.39, 0.29) is 5.91 Å². The van der Waals surface area contributed by atoms with Crippen molar-refractivity contribution in [2.45, 2.75) is 25.7 Å². The van der Waals surface area contributed by atoms with Crippen LogP contribution in [-0.2, 0) is 11.2 Å². The number of carbonyl (C=O) groups excluding carboxylic acids is 1. The predicted molar refractivity (Wildman–Crippen MR) is 89.6 cm³/mol. The van der Waals surface area contributed by atoms with Gasteiger partial charge in [0.15, 0.2) is 11.6 Å². The first-order valence-corrected chi connectivity index (χ1v) is 8.73. The van der Waals surface area contributed by atoms with Crippen molar-refractivity contribution >= 4 is 5.91 Å². The fraction of sp³-hybridized carbons (Fsp3) is 0.526. The summed E-state index contributed by atoms with van der Waals surface area (Å²) in [6.45, 7) is 4.52. The van der Waals surface area contributed by atoms with E-state index in [4.69, 9.17) is 0 Å². The van der Waals surface area contributed by atoms with Crippen molar-refractivity contribution in [3.8, 4) is 0 Å². The van der Waals surface area contributed by atoms with Crippen LogP contribution in [0.25, 0.3) is 0 Å². The number of hydrogen-bond acceptors (Lipinski definition) is 2. The second-order valence-electron chi connectivity index (χ2n) is 6.80. The van der Waals surface area contributed by atoms with Crippen molar-refractivity contribution in [3.63, 3.8) is 0 Å². The van der Waals surface area contributed by atoms with Crippen LogP contribution in [0.5, 0.6) is 0 Å². The van der Waals surface area contributed by atoms with Crippen LogP contribution in [0, 0.1) is 17.6 Å². The van der Waals surface area contributed by atoms with Crippen molar-refractivity contribution < 1.29 is 13.6 Å². The fourth-order valence-corrected chi connectivity index (χ4v) is 3.57. The molecule has 2 fully saturated rings. The van der Waals surface area contributed by atoms with Crippen molar-refractivity contribution in [2.24, 2.45) is 5.92 Å². The van der Waals surface area contributed by atoms with Gasteiger partial charge in [0.05, 0.1) is 0 Å². The molecule has 0 saturated carbocycles. The molecular formula is C19H24F2N2O. The first-order valence-electron chi connectivity index (χ1n) is 8.73. The van der Waals surface area contributed by atoms with Crippen molar-refractivity contribution in [2.75, 3.05) is 32.7 Å². The Morgan fingerprint density at radius 2 is 1.96 bits per heavy atom. The van der Waals surface area contributed by atoms with Gasteiger partial charge in [-0.05, 0) is 62.4 Å². The van der Waals surface area contributed by atoms with Gasteiger partial charge < -0.3 is 4.90 Å². The lowest BCUT2D eigenvalue weighted by molar-refractivity contribution is -0.125. The lowest BCUT2D eigenvalue weighted by Crippen LogP contribution is -2.27. The number of rotatable bonds is 5. The number of nitrogens with zero attached hydrogens (tertiary/aromatic N) is 2. The molecule has 0 aliphatic carbocycles. The zero-order valence-electron chi connectivity index (χ0n) is 13.9. The minimum atomic E-state index is -0.815. The Morgan fingerprint density at radius 1 is 1.17 bits per heavy atom. The lowest BCUT2D eigenvalue weighted by Gasteiger charge is -2.15. The van der Waals surface area contributed by atoms with E-state index < -0.39 is 11.6 Å². The van der Waals surface area contributed by atoms with Crippen LogP contribution in [0.3, 0.4) is 0 Å². The highest BCUT2D eigenvalue weighted by Gasteiger charge is 2.25. The van der Waals surface area contributed by atoms with E-state index in [1.54, 1.807) is 12.1 Å². The number of halogens is 2. The highest BCUT2D eigenvalue weighted by Crippen LogP contribution is 2.22. The topological polar surface area (TPSA) is 23.6 Å². The van der Waals surface area contributed by atoms with Gasteiger partial charge in [-0.3, -0.25) is 9.69 Å². The van der Waals surface area contributed by atoms with Gasteiger partial charge in [0.25, 0.3) is 0 Å². The standard InChI is InChI=1S/C19H24F2N2O/c20-17-6-5-15(13-18(17)21)12-16-7-11-23(14-16)19(24)4-3-10-22-8-1-2-9-22/h3-6,13,16H,1-2,7-12,14H2/b4-3+. The van der Waals surface area contributed by atoms with Crippen LogP contribution in [-0.4, -0.2) is 48.4 Å². The summed E-state index contributed by atoms with van der Waals surface area (Å²) in [6.07, 6.45) is 7.72. The Balaban J connectivity index is 1.46. The molecule has 2 aliphatic heterocycles. The van der Waals surface area contributed by atoms with Gasteiger partial charge in [-0.15, -0.1) is 0 Å². The average Bonchev–Trinajstić information content (AvgIpc) is 3.23. The second kappa shape index (κ2) is 7.88. The monoisotopic (exact) mass is 334 g/mol. The van der Waals surface area contributed by atoms with E-state index in [0.717, 1.165) is 38.2 Å². The summed E-state index contributed by atoms with van der Waals surface area (Å²) >= 11 is 0. The summed E-state index contributed by atoms with van der Waals surface area (Å²) in [6, 6.07) is 4.05. The Labute approximate surface area is 141 Å². The number of carbonyl (C=O) groups is 1. The SMILES string of the molecule is O=C(/C=C/CN1CCCC1)N1CCC(Cc2ccc(F)c(F)c2)C1. The molecular weight excluding hydrogens is 310 g/mol. The number of amides is 1. The lowest BCUT2D eigenvalue weighted by atomic mass is 9.98. The smallest absolute Gasteiger partial charge is 0.246 e. The summed E-state index contributed by atoms with van der Waals surface area (Å²) in [5.41, 5.74) is 0.790. The van der Waals surface area contributed by atoms with Crippen LogP contribution in [0.15, 0.2) is 30.4 Å².